The van der Waals surface area contributed by atoms with Crippen molar-refractivity contribution in [1.82, 2.24) is 36.0 Å². The van der Waals surface area contributed by atoms with Crippen molar-refractivity contribution in [1.29, 1.82) is 0 Å². The Morgan fingerprint density at radius 1 is 0.873 bits per heavy atom. The first-order valence-electron chi connectivity index (χ1n) is 25.9. The molecule has 15 nitrogen and oxygen atoms in total. The number of likely N-dealkylation sites (tertiary alicyclic amines) is 1. The van der Waals surface area contributed by atoms with Crippen LogP contribution in [0.15, 0.2) is 60.1 Å². The molecule has 3 heterocycles. The first-order chi connectivity index (χ1) is 34.0. The van der Waals surface area contributed by atoms with Gasteiger partial charge in [-0.05, 0) is 79.5 Å². The first-order valence-corrected chi connectivity index (χ1v) is 26.8. The van der Waals surface area contributed by atoms with E-state index in [1.165, 1.54) is 37.0 Å². The average molecular weight is 993 g/mol. The minimum atomic E-state index is -0.832. The van der Waals surface area contributed by atoms with E-state index in [2.05, 4.69) is 31.1 Å². The van der Waals surface area contributed by atoms with Gasteiger partial charge in [0.15, 0.2) is 11.6 Å². The molecule has 0 unspecified atom stereocenters. The molecule has 1 saturated heterocycles. The lowest BCUT2D eigenvalue weighted by Crippen LogP contribution is -2.74. The molecule has 1 aliphatic heterocycles. The summed E-state index contributed by atoms with van der Waals surface area (Å²) in [6.45, 7) is 8.53. The molecule has 4 fully saturated rings. The number of amides is 4. The van der Waals surface area contributed by atoms with Crippen molar-refractivity contribution in [3.05, 3.63) is 71.4 Å². The van der Waals surface area contributed by atoms with Gasteiger partial charge in [-0.1, -0.05) is 121 Å². The number of carbonyl (C=O) groups is 4. The lowest BCUT2D eigenvalue weighted by Gasteiger charge is -2.71. The normalized spacial score (nSPS) is 20.7. The van der Waals surface area contributed by atoms with Gasteiger partial charge < -0.3 is 41.5 Å². The van der Waals surface area contributed by atoms with Crippen molar-refractivity contribution in [2.75, 3.05) is 18.9 Å². The summed E-state index contributed by atoms with van der Waals surface area (Å²) in [4.78, 5) is 60.2. The number of anilines is 1. The maximum atomic E-state index is 14.0. The summed E-state index contributed by atoms with van der Waals surface area (Å²) in [6, 6.07) is 15.0. The van der Waals surface area contributed by atoms with Crippen LogP contribution in [-0.4, -0.2) is 90.8 Å². The average Bonchev–Trinajstić information content (AvgIpc) is 3.94. The Balaban J connectivity index is 0.681. The second-order valence-corrected chi connectivity index (χ2v) is 22.5. The van der Waals surface area contributed by atoms with E-state index in [9.17, 15) is 29.4 Å². The van der Waals surface area contributed by atoms with Crippen molar-refractivity contribution >= 4 is 40.8 Å². The number of aryl methyl sites for hydroxylation is 1. The Bertz CT molecular complexity index is 2420. The SMILES string of the molecule is Cc1ncsc1-c1ccc(CNC(=O)[C@@H]2C[C@@H](O)CN2C(=O)[C@@H](NC(=O)CCCCCCCCCCCCCCC(=O)NC23CC(CCOc4cc(-c5ccccc5O)nnc4N)(C2)C3)C(C)(C)C)cc1. The van der Waals surface area contributed by atoms with Gasteiger partial charge in [0, 0.05) is 49.5 Å². The fourth-order valence-electron chi connectivity index (χ4n) is 10.8. The quantitative estimate of drug-likeness (QED) is 0.0310. The highest BCUT2D eigenvalue weighted by molar-refractivity contribution is 7.13. The number of hydrogen-bond acceptors (Lipinski definition) is 12. The number of rotatable bonds is 27. The van der Waals surface area contributed by atoms with Crippen molar-refractivity contribution in [3.8, 4) is 33.2 Å². The topological polar surface area (TPSA) is 222 Å². The zero-order valence-corrected chi connectivity index (χ0v) is 43.1. The molecule has 384 valence electrons. The van der Waals surface area contributed by atoms with E-state index in [4.69, 9.17) is 10.5 Å². The third-order valence-electron chi connectivity index (χ3n) is 14.7. The minimum Gasteiger partial charge on any atom is -0.507 e. The maximum Gasteiger partial charge on any atom is 0.246 e. The van der Waals surface area contributed by atoms with Crippen LogP contribution in [0.4, 0.5) is 5.82 Å². The summed E-state index contributed by atoms with van der Waals surface area (Å²) in [7, 11) is 0. The number of benzene rings is 2. The number of aromatic hydroxyl groups is 1. The first kappa shape index (κ1) is 53.2. The number of carbonyl (C=O) groups excluding carboxylic acids is 4. The fraction of sp³-hybridized carbons (Fsp3) is 0.582. The van der Waals surface area contributed by atoms with Gasteiger partial charge in [0.05, 0.1) is 28.8 Å². The number of nitrogens with two attached hydrogens (primary N) is 1. The highest BCUT2D eigenvalue weighted by Crippen LogP contribution is 2.69. The molecule has 4 amide bonds. The Morgan fingerprint density at radius 2 is 1.49 bits per heavy atom. The zero-order chi connectivity index (χ0) is 50.6. The summed E-state index contributed by atoms with van der Waals surface area (Å²) in [5.74, 6) is 0.116. The molecule has 16 heteroatoms. The second-order valence-electron chi connectivity index (χ2n) is 21.6. The molecular weight excluding hydrogens is 917 g/mol. The van der Waals surface area contributed by atoms with Gasteiger partial charge >= 0.3 is 0 Å². The molecule has 2 aromatic carbocycles. The highest BCUT2D eigenvalue weighted by atomic mass is 32.1. The van der Waals surface area contributed by atoms with Crippen molar-refractivity contribution in [2.24, 2.45) is 10.8 Å². The minimum absolute atomic E-state index is 0.0372. The van der Waals surface area contributed by atoms with E-state index in [-0.39, 0.29) is 59.1 Å². The van der Waals surface area contributed by atoms with Crippen LogP contribution in [0.3, 0.4) is 0 Å². The molecule has 0 spiro atoms. The largest absolute Gasteiger partial charge is 0.507 e. The van der Waals surface area contributed by atoms with E-state index >= 15 is 0 Å². The lowest BCUT2D eigenvalue weighted by atomic mass is 9.38. The smallest absolute Gasteiger partial charge is 0.246 e. The maximum absolute atomic E-state index is 14.0. The van der Waals surface area contributed by atoms with Gasteiger partial charge in [-0.3, -0.25) is 19.2 Å². The summed E-state index contributed by atoms with van der Waals surface area (Å²) < 4.78 is 6.02. The monoisotopic (exact) mass is 993 g/mol. The molecule has 4 aromatic rings. The highest BCUT2D eigenvalue weighted by Gasteiger charge is 2.67. The molecule has 2 bridgehead atoms. The third kappa shape index (κ3) is 14.3. The number of aliphatic hydroxyl groups excluding tert-OH is 1. The van der Waals surface area contributed by atoms with Gasteiger partial charge in [-0.15, -0.1) is 21.5 Å². The van der Waals surface area contributed by atoms with E-state index in [1.54, 1.807) is 35.6 Å². The van der Waals surface area contributed by atoms with Crippen molar-refractivity contribution in [3.63, 3.8) is 0 Å². The summed E-state index contributed by atoms with van der Waals surface area (Å²) in [5.41, 5.74) is 11.5. The van der Waals surface area contributed by atoms with E-state index < -0.39 is 23.6 Å². The molecular formula is C55H76N8O7S. The number of nitrogen functional groups attached to an aromatic ring is 1. The van der Waals surface area contributed by atoms with Crippen LogP contribution in [0, 0.1) is 17.8 Å². The Kier molecular flexibility index (Phi) is 18.1. The second kappa shape index (κ2) is 24.2. The number of aromatic nitrogens is 3. The molecule has 0 radical (unpaired) electrons. The number of β-amino-alcohol motifs (C(OH)–C–C–N with tert-alkyl or cyclic N) is 1. The number of nitrogens with one attached hydrogen (secondary N) is 3. The van der Waals surface area contributed by atoms with Gasteiger partial charge in [0.2, 0.25) is 23.6 Å². The number of aliphatic hydroxyl groups is 1. The molecule has 8 rings (SSSR count). The van der Waals surface area contributed by atoms with Crippen LogP contribution in [0.1, 0.15) is 154 Å². The Hall–Kier alpha value is -5.61. The predicted octanol–water partition coefficient (Wildman–Crippen LogP) is 8.94. The number of phenols is 1. The van der Waals surface area contributed by atoms with Gasteiger partial charge in [0.25, 0.3) is 0 Å². The Morgan fingerprint density at radius 3 is 2.10 bits per heavy atom. The van der Waals surface area contributed by atoms with Crippen molar-refractivity contribution in [2.45, 2.75) is 180 Å². The molecule has 3 saturated carbocycles. The lowest BCUT2D eigenvalue weighted by molar-refractivity contribution is -0.171. The van der Waals surface area contributed by atoms with E-state index in [1.807, 2.05) is 63.5 Å². The number of ether oxygens (including phenoxy) is 1. The van der Waals surface area contributed by atoms with E-state index in [0.29, 0.717) is 43.0 Å². The van der Waals surface area contributed by atoms with Crippen LogP contribution in [0.5, 0.6) is 11.5 Å². The van der Waals surface area contributed by atoms with Crippen LogP contribution in [0.25, 0.3) is 21.7 Å². The predicted molar refractivity (Wildman–Crippen MR) is 277 cm³/mol. The molecule has 3 aliphatic carbocycles. The zero-order valence-electron chi connectivity index (χ0n) is 42.3. The van der Waals surface area contributed by atoms with Gasteiger partial charge in [0.1, 0.15) is 23.5 Å². The number of hydrogen-bond donors (Lipinski definition) is 6. The molecule has 3 atom stereocenters. The fourth-order valence-corrected chi connectivity index (χ4v) is 11.6. The number of thiazole rings is 1. The molecule has 4 aliphatic rings. The van der Waals surface area contributed by atoms with Crippen LogP contribution in [-0.2, 0) is 25.7 Å². The van der Waals surface area contributed by atoms with E-state index in [0.717, 1.165) is 92.3 Å². The van der Waals surface area contributed by atoms with Crippen LogP contribution in [0.2, 0.25) is 0 Å². The third-order valence-corrected chi connectivity index (χ3v) is 15.6. The number of para-hydroxylation sites is 1. The number of phenolic OH excluding ortho intramolecular Hbond substituents is 1. The van der Waals surface area contributed by atoms with Crippen molar-refractivity contribution < 1.29 is 34.1 Å². The summed E-state index contributed by atoms with van der Waals surface area (Å²) in [5, 5.41) is 38.2. The molecule has 71 heavy (non-hydrogen) atoms. The molecule has 2 aromatic heterocycles. The van der Waals surface area contributed by atoms with Crippen LogP contribution >= 0.6 is 11.3 Å². The molecule has 7 N–H and O–H groups in total. The Labute approximate surface area is 423 Å². The number of unbranched alkanes of at least 4 members (excludes halogenated alkanes) is 11. The standard InChI is InChI=1S/C55H76N8O7S/c1-37-48(71-36-58-37)39-25-23-38(24-26-39)31-57-51(68)43-29-40(64)32-63(43)52(69)49(53(2,3)4)59-46(66)21-15-13-11-9-7-5-6-8-10-12-14-16-22-47(67)60-55-33-54(34-55,35-55)27-28-70-45-30-42(61-62-50(45)56)41-19-17-18-20-44(41)65/h17-20,23-26,30,36,40,43,49,64-65H,5-16,21-22,27-29,31-35H2,1-4H3,(H2,56,62)(H,57,68)(H,59,66)(H,60,67)/t40-,43+,49-,54?,55?/m1/s1. The number of nitrogens with zero attached hydrogens (tertiary/aromatic N) is 4. The van der Waals surface area contributed by atoms with Gasteiger partial charge in [-0.2, -0.15) is 0 Å². The van der Waals surface area contributed by atoms with Gasteiger partial charge in [-0.25, -0.2) is 4.98 Å². The summed E-state index contributed by atoms with van der Waals surface area (Å²) >= 11 is 1.59. The van der Waals surface area contributed by atoms with Crippen LogP contribution < -0.4 is 26.4 Å². The summed E-state index contributed by atoms with van der Waals surface area (Å²) in [6.07, 6.45) is 17.1.